The molecule has 0 bridgehead atoms. The van der Waals surface area contributed by atoms with Crippen LogP contribution < -0.4 is 10.6 Å². The number of hydrogen-bond acceptors (Lipinski definition) is 6. The number of ether oxygens (including phenoxy) is 1. The molecule has 9 heteroatoms. The number of para-hydroxylation sites is 1. The summed E-state index contributed by atoms with van der Waals surface area (Å²) in [4.78, 5) is 28.4. The molecule has 3 aromatic rings. The van der Waals surface area contributed by atoms with Crippen LogP contribution in [0.2, 0.25) is 0 Å². The number of hydrogen-bond donors (Lipinski definition) is 3. The van der Waals surface area contributed by atoms with Crippen LogP contribution in [0.15, 0.2) is 29.8 Å². The molecule has 2 amide bonds. The molecule has 1 aliphatic carbocycles. The zero-order chi connectivity index (χ0) is 20.2. The molecule has 2 atom stereocenters. The number of aromatic amines is 1. The number of H-pyrrole nitrogens is 1. The standard InChI is InChI=1S/C20H23N5O3S/c1-2-21-20(27)28-14-7-6-12(8-14)15-10-17(25-24-15)23-18(26)9-13-4-3-5-16-19(13)22-11-29-16/h3-5,10-12,14H,2,6-9H2,1H3,(H,21,27)(H2,23,24,25,26)/t12-,14+/m0/s1. The molecule has 3 N–H and O–H groups in total. The zero-order valence-electron chi connectivity index (χ0n) is 16.1. The highest BCUT2D eigenvalue weighted by molar-refractivity contribution is 7.16. The van der Waals surface area contributed by atoms with Gasteiger partial charge >= 0.3 is 6.09 Å². The fourth-order valence-electron chi connectivity index (χ4n) is 3.72. The lowest BCUT2D eigenvalue weighted by atomic mass is 10.0. The Morgan fingerprint density at radius 2 is 2.24 bits per heavy atom. The second-order valence-corrected chi connectivity index (χ2v) is 8.00. The number of amides is 2. The lowest BCUT2D eigenvalue weighted by Gasteiger charge is -2.12. The van der Waals surface area contributed by atoms with E-state index >= 15 is 0 Å². The van der Waals surface area contributed by atoms with Gasteiger partial charge in [0.25, 0.3) is 0 Å². The van der Waals surface area contributed by atoms with Crippen molar-refractivity contribution >= 4 is 39.4 Å². The molecule has 1 fully saturated rings. The number of alkyl carbamates (subject to hydrolysis) is 1. The minimum absolute atomic E-state index is 0.0912. The molecule has 0 spiro atoms. The van der Waals surface area contributed by atoms with Gasteiger partial charge in [0, 0.05) is 24.2 Å². The van der Waals surface area contributed by atoms with Gasteiger partial charge in [-0.2, -0.15) is 5.10 Å². The first-order chi connectivity index (χ1) is 14.1. The highest BCUT2D eigenvalue weighted by Gasteiger charge is 2.30. The summed E-state index contributed by atoms with van der Waals surface area (Å²) in [6, 6.07) is 7.72. The number of benzene rings is 1. The molecule has 8 nitrogen and oxygen atoms in total. The van der Waals surface area contributed by atoms with Crippen LogP contribution in [0.1, 0.15) is 43.4 Å². The number of nitrogens with zero attached hydrogens (tertiary/aromatic N) is 2. The first-order valence-electron chi connectivity index (χ1n) is 9.73. The average molecular weight is 414 g/mol. The van der Waals surface area contributed by atoms with Gasteiger partial charge in [-0.1, -0.05) is 12.1 Å². The maximum Gasteiger partial charge on any atom is 0.407 e. The highest BCUT2D eigenvalue weighted by Crippen LogP contribution is 2.35. The first kappa shape index (κ1) is 19.4. The maximum atomic E-state index is 12.5. The minimum Gasteiger partial charge on any atom is -0.446 e. The van der Waals surface area contributed by atoms with E-state index in [0.29, 0.717) is 12.4 Å². The van der Waals surface area contributed by atoms with Gasteiger partial charge in [-0.25, -0.2) is 9.78 Å². The van der Waals surface area contributed by atoms with Gasteiger partial charge in [0.1, 0.15) is 6.10 Å². The van der Waals surface area contributed by atoms with Crippen LogP contribution in [0.5, 0.6) is 0 Å². The molecule has 4 rings (SSSR count). The van der Waals surface area contributed by atoms with Crippen molar-refractivity contribution in [2.75, 3.05) is 11.9 Å². The van der Waals surface area contributed by atoms with Crippen molar-refractivity contribution in [1.82, 2.24) is 20.5 Å². The summed E-state index contributed by atoms with van der Waals surface area (Å²) in [6.45, 7) is 2.41. The van der Waals surface area contributed by atoms with Crippen molar-refractivity contribution in [1.29, 1.82) is 0 Å². The largest absolute Gasteiger partial charge is 0.446 e. The Hall–Kier alpha value is -2.94. The number of aromatic nitrogens is 3. The van der Waals surface area contributed by atoms with Gasteiger partial charge in [-0.3, -0.25) is 9.89 Å². The van der Waals surface area contributed by atoms with Crippen LogP contribution in [0.3, 0.4) is 0 Å². The second kappa shape index (κ2) is 8.60. The Kier molecular flexibility index (Phi) is 5.75. The predicted octanol–water partition coefficient (Wildman–Crippen LogP) is 3.58. The summed E-state index contributed by atoms with van der Waals surface area (Å²) in [5.41, 5.74) is 4.51. The van der Waals surface area contributed by atoms with E-state index in [1.807, 2.05) is 31.2 Å². The van der Waals surface area contributed by atoms with Crippen molar-refractivity contribution < 1.29 is 14.3 Å². The Balaban J connectivity index is 1.33. The Morgan fingerprint density at radius 1 is 1.34 bits per heavy atom. The number of rotatable bonds is 6. The van der Waals surface area contributed by atoms with E-state index in [0.717, 1.165) is 40.7 Å². The summed E-state index contributed by atoms with van der Waals surface area (Å²) in [6.07, 6.45) is 2.26. The highest BCUT2D eigenvalue weighted by atomic mass is 32.1. The SMILES string of the molecule is CCNC(=O)O[C@@H]1CC[C@H](c2cc(NC(=O)Cc3cccc4scnc34)n[nH]2)C1. The molecule has 1 aromatic carbocycles. The number of thiazole rings is 1. The van der Waals surface area contributed by atoms with Crippen LogP contribution >= 0.6 is 11.3 Å². The molecular formula is C20H23N5O3S. The number of carbonyl (C=O) groups excluding carboxylic acids is 2. The Morgan fingerprint density at radius 3 is 3.10 bits per heavy atom. The normalized spacial score (nSPS) is 18.7. The van der Waals surface area contributed by atoms with Gasteiger partial charge in [0.15, 0.2) is 5.82 Å². The summed E-state index contributed by atoms with van der Waals surface area (Å²) >= 11 is 1.56. The molecule has 152 valence electrons. The van der Waals surface area contributed by atoms with Crippen molar-refractivity contribution in [2.24, 2.45) is 0 Å². The Bertz CT molecular complexity index is 1010. The fourth-order valence-corrected chi connectivity index (χ4v) is 4.45. The van der Waals surface area contributed by atoms with E-state index in [9.17, 15) is 9.59 Å². The molecule has 0 aliphatic heterocycles. The molecule has 2 aromatic heterocycles. The minimum atomic E-state index is -0.370. The van der Waals surface area contributed by atoms with E-state index in [2.05, 4.69) is 25.8 Å². The summed E-state index contributed by atoms with van der Waals surface area (Å²) in [7, 11) is 0. The smallest absolute Gasteiger partial charge is 0.407 e. The fraction of sp³-hybridized carbons (Fsp3) is 0.400. The number of fused-ring (bicyclic) bond motifs is 1. The number of anilines is 1. The third kappa shape index (κ3) is 4.56. The Labute approximate surface area is 172 Å². The van der Waals surface area contributed by atoms with Gasteiger partial charge in [-0.15, -0.1) is 11.3 Å². The summed E-state index contributed by atoms with van der Waals surface area (Å²) < 4.78 is 6.48. The van der Waals surface area contributed by atoms with Crippen molar-refractivity contribution in [3.63, 3.8) is 0 Å². The lowest BCUT2D eigenvalue weighted by Crippen LogP contribution is -2.27. The van der Waals surface area contributed by atoms with Gasteiger partial charge in [0.2, 0.25) is 5.91 Å². The number of carbonyl (C=O) groups is 2. The van der Waals surface area contributed by atoms with Gasteiger partial charge < -0.3 is 15.4 Å². The molecule has 0 saturated heterocycles. The maximum absolute atomic E-state index is 12.5. The van der Waals surface area contributed by atoms with Crippen LogP contribution in [0.25, 0.3) is 10.2 Å². The summed E-state index contributed by atoms with van der Waals surface area (Å²) in [5.74, 6) is 0.604. The zero-order valence-corrected chi connectivity index (χ0v) is 16.9. The average Bonchev–Trinajstić information content (AvgIpc) is 3.42. The van der Waals surface area contributed by atoms with Crippen molar-refractivity contribution in [2.45, 2.75) is 44.6 Å². The first-order valence-corrected chi connectivity index (χ1v) is 10.6. The molecular weight excluding hydrogens is 390 g/mol. The summed E-state index contributed by atoms with van der Waals surface area (Å²) in [5, 5.41) is 12.7. The van der Waals surface area contributed by atoms with E-state index in [4.69, 9.17) is 4.74 Å². The third-order valence-corrected chi connectivity index (χ3v) is 5.87. The van der Waals surface area contributed by atoms with Gasteiger partial charge in [0.05, 0.1) is 22.1 Å². The van der Waals surface area contributed by atoms with E-state index < -0.39 is 0 Å². The van der Waals surface area contributed by atoms with Crippen LogP contribution in [-0.2, 0) is 16.0 Å². The monoisotopic (exact) mass is 413 g/mol. The van der Waals surface area contributed by atoms with Crippen LogP contribution in [0.4, 0.5) is 10.6 Å². The molecule has 0 unspecified atom stereocenters. The quantitative estimate of drug-likeness (QED) is 0.572. The molecule has 1 aliphatic rings. The van der Waals surface area contributed by atoms with E-state index in [-0.39, 0.29) is 30.4 Å². The van der Waals surface area contributed by atoms with E-state index in [1.165, 1.54) is 0 Å². The van der Waals surface area contributed by atoms with Crippen LogP contribution in [0, 0.1) is 0 Å². The van der Waals surface area contributed by atoms with E-state index in [1.54, 1.807) is 16.8 Å². The van der Waals surface area contributed by atoms with Crippen LogP contribution in [-0.4, -0.2) is 39.8 Å². The van der Waals surface area contributed by atoms with Gasteiger partial charge in [-0.05, 0) is 37.8 Å². The van der Waals surface area contributed by atoms with Crippen molar-refractivity contribution in [3.05, 3.63) is 41.0 Å². The molecule has 2 heterocycles. The van der Waals surface area contributed by atoms with Crippen molar-refractivity contribution in [3.8, 4) is 0 Å². The second-order valence-electron chi connectivity index (χ2n) is 7.12. The molecule has 0 radical (unpaired) electrons. The lowest BCUT2D eigenvalue weighted by molar-refractivity contribution is -0.115. The molecule has 29 heavy (non-hydrogen) atoms. The molecule has 1 saturated carbocycles. The topological polar surface area (TPSA) is 109 Å². The third-order valence-electron chi connectivity index (χ3n) is 5.08. The predicted molar refractivity (Wildman–Crippen MR) is 111 cm³/mol. The number of nitrogens with one attached hydrogen (secondary N) is 3.